The van der Waals surface area contributed by atoms with E-state index in [4.69, 9.17) is 4.74 Å². The van der Waals surface area contributed by atoms with Gasteiger partial charge in [0.1, 0.15) is 0 Å². The maximum absolute atomic E-state index is 12.9. The minimum Gasteiger partial charge on any atom is -0.465 e. The number of rotatable bonds is 5. The Labute approximate surface area is 179 Å². The van der Waals surface area contributed by atoms with Gasteiger partial charge >= 0.3 is 12.0 Å². The summed E-state index contributed by atoms with van der Waals surface area (Å²) in [5.74, 6) is -0.0306. The highest BCUT2D eigenvalue weighted by Gasteiger charge is 2.19. The van der Waals surface area contributed by atoms with Gasteiger partial charge < -0.3 is 14.6 Å². The third kappa shape index (κ3) is 4.11. The molecular weight excluding hydrogens is 392 g/mol. The van der Waals surface area contributed by atoms with Crippen LogP contribution in [0.5, 0.6) is 0 Å². The second-order valence-corrected chi connectivity index (χ2v) is 7.02. The molecule has 0 spiro atoms. The summed E-state index contributed by atoms with van der Waals surface area (Å²) in [5, 5.41) is 5.08. The molecule has 0 atom stereocenters. The topological polar surface area (TPSA) is 76.5 Å². The van der Waals surface area contributed by atoms with Gasteiger partial charge in [0.15, 0.2) is 0 Å². The van der Waals surface area contributed by atoms with Gasteiger partial charge in [-0.15, -0.1) is 0 Å². The van der Waals surface area contributed by atoms with Crippen molar-refractivity contribution >= 4 is 34.4 Å². The fourth-order valence-corrected chi connectivity index (χ4v) is 3.51. The molecule has 4 aromatic rings. The van der Waals surface area contributed by atoms with Crippen molar-refractivity contribution in [1.82, 2.24) is 9.55 Å². The first kappa shape index (κ1) is 20.2. The Morgan fingerprint density at radius 2 is 1.77 bits per heavy atom. The number of nitrogens with one attached hydrogen (secondary N) is 1. The number of imidazole rings is 1. The van der Waals surface area contributed by atoms with E-state index < -0.39 is 12.0 Å². The molecule has 1 heterocycles. The number of urea groups is 1. The van der Waals surface area contributed by atoms with Crippen LogP contribution in [0.3, 0.4) is 0 Å². The highest BCUT2D eigenvalue weighted by molar-refractivity contribution is 6.05. The van der Waals surface area contributed by atoms with E-state index in [0.29, 0.717) is 18.2 Å². The number of esters is 1. The molecule has 3 aromatic carbocycles. The highest BCUT2D eigenvalue weighted by atomic mass is 16.5. The Bertz CT molecular complexity index is 1240. The first-order valence-electron chi connectivity index (χ1n) is 9.78. The maximum atomic E-state index is 12.9. The van der Waals surface area contributed by atoms with E-state index in [1.807, 2.05) is 29.0 Å². The number of aromatic nitrogens is 2. The molecular formula is C24H22N4O3. The van der Waals surface area contributed by atoms with Crippen LogP contribution in [0.4, 0.5) is 16.4 Å². The third-order valence-electron chi connectivity index (χ3n) is 5.09. The van der Waals surface area contributed by atoms with Crippen LogP contribution in [0.1, 0.15) is 15.9 Å². The lowest BCUT2D eigenvalue weighted by Crippen LogP contribution is -2.34. The first-order valence-corrected chi connectivity index (χ1v) is 9.78. The summed E-state index contributed by atoms with van der Waals surface area (Å²) in [5.41, 5.74) is 1.78. The van der Waals surface area contributed by atoms with Gasteiger partial charge in [-0.2, -0.15) is 0 Å². The van der Waals surface area contributed by atoms with Gasteiger partial charge in [-0.05, 0) is 28.5 Å². The standard InChI is InChI=1S/C24H22N4O3/c1-27(24(30)26-21-13-6-5-12-20(21)22(29)31-2)23-25-14-15-28(23)16-18-10-7-9-17-8-3-4-11-19(17)18/h3-15H,16H2,1-2H3,(H,26,30). The minimum absolute atomic E-state index is 0.283. The second-order valence-electron chi connectivity index (χ2n) is 7.02. The van der Waals surface area contributed by atoms with Crippen LogP contribution in [0.2, 0.25) is 0 Å². The van der Waals surface area contributed by atoms with Crippen LogP contribution in [-0.2, 0) is 11.3 Å². The maximum Gasteiger partial charge on any atom is 0.339 e. The van der Waals surface area contributed by atoms with Crippen LogP contribution < -0.4 is 10.2 Å². The van der Waals surface area contributed by atoms with Gasteiger partial charge in [0.25, 0.3) is 0 Å². The lowest BCUT2D eigenvalue weighted by molar-refractivity contribution is 0.0602. The molecule has 0 saturated heterocycles. The minimum atomic E-state index is -0.518. The lowest BCUT2D eigenvalue weighted by Gasteiger charge is -2.20. The van der Waals surface area contributed by atoms with Gasteiger partial charge in [-0.3, -0.25) is 4.90 Å². The number of nitrogens with zero attached hydrogens (tertiary/aromatic N) is 3. The zero-order chi connectivity index (χ0) is 21.8. The van der Waals surface area contributed by atoms with Gasteiger partial charge in [0.05, 0.1) is 24.9 Å². The quantitative estimate of drug-likeness (QED) is 0.487. The zero-order valence-electron chi connectivity index (χ0n) is 17.3. The van der Waals surface area contributed by atoms with Crippen LogP contribution in [0.25, 0.3) is 10.8 Å². The van der Waals surface area contributed by atoms with Gasteiger partial charge in [-0.1, -0.05) is 54.6 Å². The van der Waals surface area contributed by atoms with Gasteiger partial charge in [0.2, 0.25) is 5.95 Å². The first-order chi connectivity index (χ1) is 15.1. The zero-order valence-corrected chi connectivity index (χ0v) is 17.3. The highest BCUT2D eigenvalue weighted by Crippen LogP contribution is 2.22. The molecule has 0 unspecified atom stereocenters. The van der Waals surface area contributed by atoms with Crippen molar-refractivity contribution in [2.24, 2.45) is 0 Å². The SMILES string of the molecule is COC(=O)c1ccccc1NC(=O)N(C)c1nccn1Cc1cccc2ccccc12. The van der Waals surface area contributed by atoms with E-state index in [1.54, 1.807) is 37.5 Å². The molecule has 0 aliphatic rings. The summed E-state index contributed by atoms with van der Waals surface area (Å²) < 4.78 is 6.70. The van der Waals surface area contributed by atoms with E-state index in [2.05, 4.69) is 34.6 Å². The predicted octanol–water partition coefficient (Wildman–Crippen LogP) is 4.54. The summed E-state index contributed by atoms with van der Waals surface area (Å²) in [7, 11) is 2.94. The van der Waals surface area contributed by atoms with E-state index in [0.717, 1.165) is 16.3 Å². The number of carbonyl (C=O) groups excluding carboxylic acids is 2. The summed E-state index contributed by atoms with van der Waals surface area (Å²) in [6.45, 7) is 0.563. The number of hydrogen-bond donors (Lipinski definition) is 1. The Balaban J connectivity index is 1.57. The monoisotopic (exact) mass is 414 g/mol. The molecule has 156 valence electrons. The van der Waals surface area contributed by atoms with E-state index >= 15 is 0 Å². The molecule has 2 amide bonds. The molecule has 0 aliphatic heterocycles. The number of fused-ring (bicyclic) bond motifs is 1. The molecule has 31 heavy (non-hydrogen) atoms. The average molecular weight is 414 g/mol. The Hall–Kier alpha value is -4.13. The number of para-hydroxylation sites is 1. The largest absolute Gasteiger partial charge is 0.465 e. The Morgan fingerprint density at radius 1 is 1.03 bits per heavy atom. The summed E-state index contributed by atoms with van der Waals surface area (Å²) in [6, 6.07) is 20.6. The number of amides is 2. The Kier molecular flexibility index (Phi) is 5.66. The van der Waals surface area contributed by atoms with Gasteiger partial charge in [0, 0.05) is 19.4 Å². The van der Waals surface area contributed by atoms with Crippen LogP contribution in [0.15, 0.2) is 79.1 Å². The smallest absolute Gasteiger partial charge is 0.339 e. The predicted molar refractivity (Wildman–Crippen MR) is 120 cm³/mol. The van der Waals surface area contributed by atoms with Crippen molar-refractivity contribution in [3.05, 3.63) is 90.3 Å². The normalized spacial score (nSPS) is 10.6. The molecule has 1 aromatic heterocycles. The van der Waals surface area contributed by atoms with Crippen molar-refractivity contribution < 1.29 is 14.3 Å². The van der Waals surface area contributed by atoms with Crippen molar-refractivity contribution in [1.29, 1.82) is 0 Å². The number of hydrogen-bond acceptors (Lipinski definition) is 4. The third-order valence-corrected chi connectivity index (χ3v) is 5.09. The molecule has 0 aliphatic carbocycles. The van der Waals surface area contributed by atoms with Crippen LogP contribution in [-0.4, -0.2) is 35.7 Å². The van der Waals surface area contributed by atoms with E-state index in [-0.39, 0.29) is 5.56 Å². The van der Waals surface area contributed by atoms with Crippen LogP contribution in [0, 0.1) is 0 Å². The number of carbonyl (C=O) groups is 2. The molecule has 0 radical (unpaired) electrons. The second kappa shape index (κ2) is 8.71. The van der Waals surface area contributed by atoms with Crippen molar-refractivity contribution in [2.45, 2.75) is 6.54 Å². The number of benzene rings is 3. The number of ether oxygens (including phenoxy) is 1. The summed E-state index contributed by atoms with van der Waals surface area (Å²) in [6.07, 6.45) is 3.50. The van der Waals surface area contributed by atoms with Crippen molar-refractivity contribution in [3.63, 3.8) is 0 Å². The van der Waals surface area contributed by atoms with E-state index in [1.165, 1.54) is 12.0 Å². The molecule has 0 saturated carbocycles. The molecule has 0 bridgehead atoms. The average Bonchev–Trinajstić information content (AvgIpc) is 3.26. The fraction of sp³-hybridized carbons (Fsp3) is 0.125. The van der Waals surface area contributed by atoms with Crippen molar-refractivity contribution in [2.75, 3.05) is 24.4 Å². The molecule has 0 fully saturated rings. The lowest BCUT2D eigenvalue weighted by atomic mass is 10.0. The summed E-state index contributed by atoms with van der Waals surface area (Å²) in [4.78, 5) is 30.7. The van der Waals surface area contributed by atoms with Crippen LogP contribution >= 0.6 is 0 Å². The summed E-state index contributed by atoms with van der Waals surface area (Å²) >= 11 is 0. The Morgan fingerprint density at radius 3 is 2.61 bits per heavy atom. The molecule has 4 rings (SSSR count). The van der Waals surface area contributed by atoms with Gasteiger partial charge in [-0.25, -0.2) is 14.6 Å². The molecule has 7 heteroatoms. The number of methoxy groups -OCH3 is 1. The molecule has 7 nitrogen and oxygen atoms in total. The van der Waals surface area contributed by atoms with Crippen molar-refractivity contribution in [3.8, 4) is 0 Å². The molecule has 1 N–H and O–H groups in total. The number of anilines is 2. The van der Waals surface area contributed by atoms with E-state index in [9.17, 15) is 9.59 Å². The fourth-order valence-electron chi connectivity index (χ4n) is 3.51.